The van der Waals surface area contributed by atoms with E-state index in [1.807, 2.05) is 18.2 Å². The Balaban J connectivity index is 2.13. The van der Waals surface area contributed by atoms with Gasteiger partial charge in [0.15, 0.2) is 11.5 Å². The Hall–Kier alpha value is -2.07. The fourth-order valence-electron chi connectivity index (χ4n) is 2.18. The molecule has 0 amide bonds. The Bertz CT molecular complexity index is 764. The number of hydrogen-bond donors (Lipinski definition) is 0. The highest BCUT2D eigenvalue weighted by Crippen LogP contribution is 2.36. The molecule has 0 aliphatic heterocycles. The lowest BCUT2D eigenvalue weighted by Crippen LogP contribution is -1.90. The van der Waals surface area contributed by atoms with Crippen LogP contribution < -0.4 is 9.47 Å². The van der Waals surface area contributed by atoms with Gasteiger partial charge in [-0.1, -0.05) is 12.1 Å². The number of fused-ring (bicyclic) bond motifs is 1. The van der Waals surface area contributed by atoms with Crippen LogP contribution in [0.3, 0.4) is 0 Å². The van der Waals surface area contributed by atoms with Crippen molar-refractivity contribution in [1.82, 2.24) is 4.98 Å². The molecule has 0 saturated carbocycles. The Morgan fingerprint density at radius 2 is 1.80 bits per heavy atom. The predicted octanol–water partition coefficient (Wildman–Crippen LogP) is 4.29. The molecule has 102 valence electrons. The maximum Gasteiger partial charge on any atom is 0.161 e. The van der Waals surface area contributed by atoms with Gasteiger partial charge in [-0.05, 0) is 36.8 Å². The Morgan fingerprint density at radius 3 is 2.50 bits per heavy atom. The van der Waals surface area contributed by atoms with Crippen molar-refractivity contribution in [3.63, 3.8) is 0 Å². The summed E-state index contributed by atoms with van der Waals surface area (Å²) in [5.41, 5.74) is 3.32. The molecule has 0 unspecified atom stereocenters. The van der Waals surface area contributed by atoms with Crippen LogP contribution in [-0.2, 0) is 0 Å². The summed E-state index contributed by atoms with van der Waals surface area (Å²) in [6, 6.07) is 12.1. The number of para-hydroxylation sites is 1. The van der Waals surface area contributed by atoms with Gasteiger partial charge < -0.3 is 9.47 Å². The van der Waals surface area contributed by atoms with Gasteiger partial charge in [0, 0.05) is 5.56 Å². The SMILES string of the molecule is COc1ccc(-c2nc3c(C)cccc3s2)cc1OC. The van der Waals surface area contributed by atoms with Gasteiger partial charge in [0.1, 0.15) is 5.01 Å². The van der Waals surface area contributed by atoms with E-state index >= 15 is 0 Å². The van der Waals surface area contributed by atoms with Crippen molar-refractivity contribution >= 4 is 21.6 Å². The first-order chi connectivity index (χ1) is 9.72. The number of benzene rings is 2. The van der Waals surface area contributed by atoms with Crippen molar-refractivity contribution in [2.75, 3.05) is 14.2 Å². The second-order valence-electron chi connectivity index (χ2n) is 4.51. The lowest BCUT2D eigenvalue weighted by Gasteiger charge is -2.08. The van der Waals surface area contributed by atoms with Gasteiger partial charge in [0.2, 0.25) is 0 Å². The smallest absolute Gasteiger partial charge is 0.161 e. The molecule has 0 aliphatic carbocycles. The molecule has 0 N–H and O–H groups in total. The second-order valence-corrected chi connectivity index (χ2v) is 5.54. The van der Waals surface area contributed by atoms with E-state index < -0.39 is 0 Å². The van der Waals surface area contributed by atoms with Crippen molar-refractivity contribution in [3.05, 3.63) is 42.0 Å². The minimum Gasteiger partial charge on any atom is -0.493 e. The van der Waals surface area contributed by atoms with Crippen LogP contribution in [0.4, 0.5) is 0 Å². The molecule has 1 heterocycles. The fraction of sp³-hybridized carbons (Fsp3) is 0.188. The fourth-order valence-corrected chi connectivity index (χ4v) is 3.22. The monoisotopic (exact) mass is 285 g/mol. The van der Waals surface area contributed by atoms with E-state index in [1.54, 1.807) is 25.6 Å². The quantitative estimate of drug-likeness (QED) is 0.719. The lowest BCUT2D eigenvalue weighted by molar-refractivity contribution is 0.355. The third-order valence-electron chi connectivity index (χ3n) is 3.25. The molecule has 0 atom stereocenters. The van der Waals surface area contributed by atoms with Crippen molar-refractivity contribution in [3.8, 4) is 22.1 Å². The molecular formula is C16H15NO2S. The van der Waals surface area contributed by atoms with Gasteiger partial charge in [-0.25, -0.2) is 4.98 Å². The van der Waals surface area contributed by atoms with E-state index in [2.05, 4.69) is 25.1 Å². The number of methoxy groups -OCH3 is 2. The largest absolute Gasteiger partial charge is 0.493 e. The van der Waals surface area contributed by atoms with Crippen LogP contribution in [0.5, 0.6) is 11.5 Å². The van der Waals surface area contributed by atoms with Crippen LogP contribution in [0.25, 0.3) is 20.8 Å². The van der Waals surface area contributed by atoms with E-state index in [0.29, 0.717) is 0 Å². The lowest BCUT2D eigenvalue weighted by atomic mass is 10.2. The summed E-state index contributed by atoms with van der Waals surface area (Å²) in [6.45, 7) is 2.08. The highest BCUT2D eigenvalue weighted by Gasteiger charge is 2.11. The zero-order valence-electron chi connectivity index (χ0n) is 11.6. The molecule has 0 bridgehead atoms. The van der Waals surface area contributed by atoms with Gasteiger partial charge >= 0.3 is 0 Å². The van der Waals surface area contributed by atoms with Gasteiger partial charge in [-0.3, -0.25) is 0 Å². The molecule has 4 heteroatoms. The zero-order chi connectivity index (χ0) is 14.1. The molecule has 0 aliphatic rings. The maximum absolute atomic E-state index is 5.35. The molecule has 1 aromatic heterocycles. The minimum absolute atomic E-state index is 0.723. The van der Waals surface area contributed by atoms with Crippen molar-refractivity contribution in [2.45, 2.75) is 6.92 Å². The van der Waals surface area contributed by atoms with Crippen LogP contribution in [0.2, 0.25) is 0 Å². The molecular weight excluding hydrogens is 270 g/mol. The van der Waals surface area contributed by atoms with E-state index in [-0.39, 0.29) is 0 Å². The summed E-state index contributed by atoms with van der Waals surface area (Å²) >= 11 is 1.69. The molecule has 0 spiro atoms. The average molecular weight is 285 g/mol. The van der Waals surface area contributed by atoms with Crippen LogP contribution in [0, 0.1) is 6.92 Å². The summed E-state index contributed by atoms with van der Waals surface area (Å²) in [7, 11) is 3.28. The van der Waals surface area contributed by atoms with E-state index in [4.69, 9.17) is 14.5 Å². The summed E-state index contributed by atoms with van der Waals surface area (Å²) < 4.78 is 11.8. The predicted molar refractivity (Wildman–Crippen MR) is 82.9 cm³/mol. The average Bonchev–Trinajstić information content (AvgIpc) is 2.92. The molecule has 0 fully saturated rings. The van der Waals surface area contributed by atoms with E-state index in [0.717, 1.165) is 27.6 Å². The molecule has 0 saturated heterocycles. The first-order valence-corrected chi connectivity index (χ1v) is 7.13. The Labute approximate surface area is 121 Å². The molecule has 3 rings (SSSR count). The van der Waals surface area contributed by atoms with Crippen molar-refractivity contribution in [1.29, 1.82) is 0 Å². The first-order valence-electron chi connectivity index (χ1n) is 6.31. The number of aryl methyl sites for hydroxylation is 1. The highest BCUT2D eigenvalue weighted by molar-refractivity contribution is 7.21. The number of rotatable bonds is 3. The third-order valence-corrected chi connectivity index (χ3v) is 4.32. The Kier molecular flexibility index (Phi) is 3.32. The Morgan fingerprint density at radius 1 is 1.00 bits per heavy atom. The number of ether oxygens (including phenoxy) is 2. The highest BCUT2D eigenvalue weighted by atomic mass is 32.1. The van der Waals surface area contributed by atoms with Crippen LogP contribution >= 0.6 is 11.3 Å². The van der Waals surface area contributed by atoms with Crippen LogP contribution in [-0.4, -0.2) is 19.2 Å². The molecule has 20 heavy (non-hydrogen) atoms. The number of thiazole rings is 1. The molecule has 0 radical (unpaired) electrons. The van der Waals surface area contributed by atoms with Crippen LogP contribution in [0.15, 0.2) is 36.4 Å². The van der Waals surface area contributed by atoms with Gasteiger partial charge in [-0.2, -0.15) is 0 Å². The topological polar surface area (TPSA) is 31.4 Å². The number of hydrogen-bond acceptors (Lipinski definition) is 4. The maximum atomic E-state index is 5.35. The number of aromatic nitrogens is 1. The minimum atomic E-state index is 0.723. The van der Waals surface area contributed by atoms with E-state index in [1.165, 1.54) is 10.3 Å². The summed E-state index contributed by atoms with van der Waals surface area (Å²) in [5, 5.41) is 0.996. The summed E-state index contributed by atoms with van der Waals surface area (Å²) in [6.07, 6.45) is 0. The molecule has 2 aromatic carbocycles. The second kappa shape index (κ2) is 5.13. The first kappa shape index (κ1) is 12.9. The third kappa shape index (κ3) is 2.12. The van der Waals surface area contributed by atoms with Gasteiger partial charge in [-0.15, -0.1) is 11.3 Å². The normalized spacial score (nSPS) is 10.8. The van der Waals surface area contributed by atoms with Gasteiger partial charge in [0.25, 0.3) is 0 Å². The standard InChI is InChI=1S/C16H15NO2S/c1-10-5-4-6-14-15(10)17-16(20-14)11-7-8-12(18-2)13(9-11)19-3/h4-9H,1-3H3. The number of nitrogens with zero attached hydrogens (tertiary/aromatic N) is 1. The molecule has 3 nitrogen and oxygen atoms in total. The summed E-state index contributed by atoms with van der Waals surface area (Å²) in [5.74, 6) is 1.45. The molecule has 3 aromatic rings. The van der Waals surface area contributed by atoms with Gasteiger partial charge in [0.05, 0.1) is 24.4 Å². The summed E-state index contributed by atoms with van der Waals surface area (Å²) in [4.78, 5) is 4.74. The van der Waals surface area contributed by atoms with E-state index in [9.17, 15) is 0 Å². The van der Waals surface area contributed by atoms with Crippen molar-refractivity contribution < 1.29 is 9.47 Å². The van der Waals surface area contributed by atoms with Crippen molar-refractivity contribution in [2.24, 2.45) is 0 Å². The zero-order valence-corrected chi connectivity index (χ0v) is 12.5. The van der Waals surface area contributed by atoms with Crippen LogP contribution in [0.1, 0.15) is 5.56 Å².